The zero-order valence-electron chi connectivity index (χ0n) is 8.43. The van der Waals surface area contributed by atoms with E-state index in [4.69, 9.17) is 4.74 Å². The van der Waals surface area contributed by atoms with Gasteiger partial charge in [0, 0.05) is 6.04 Å². The molecule has 2 nitrogen and oxygen atoms in total. The Bertz CT molecular complexity index is 351. The minimum absolute atomic E-state index is 0.261. The number of rotatable bonds is 2. The first kappa shape index (κ1) is 9.46. The van der Waals surface area contributed by atoms with Gasteiger partial charge in [-0.25, -0.2) is 4.39 Å². The minimum atomic E-state index is -0.261. The highest BCUT2D eigenvalue weighted by molar-refractivity contribution is 5.41. The van der Waals surface area contributed by atoms with Gasteiger partial charge in [-0.3, -0.25) is 0 Å². The average Bonchev–Trinajstić information content (AvgIpc) is 2.58. The van der Waals surface area contributed by atoms with Crippen LogP contribution in [0.25, 0.3) is 0 Å². The zero-order valence-corrected chi connectivity index (χ0v) is 8.43. The van der Waals surface area contributed by atoms with Gasteiger partial charge >= 0.3 is 0 Å². The van der Waals surface area contributed by atoms with Crippen molar-refractivity contribution in [1.82, 2.24) is 5.32 Å². The molecule has 1 aliphatic carbocycles. The number of aryl methyl sites for hydroxylation is 1. The molecule has 0 bridgehead atoms. The third-order valence-electron chi connectivity index (χ3n) is 2.84. The number of halogens is 1. The first-order valence-corrected chi connectivity index (χ1v) is 4.80. The van der Waals surface area contributed by atoms with Crippen LogP contribution < -0.4 is 10.1 Å². The molecule has 0 radical (unpaired) electrons. The van der Waals surface area contributed by atoms with Crippen LogP contribution in [0.2, 0.25) is 0 Å². The quantitative estimate of drug-likeness (QED) is 0.779. The van der Waals surface area contributed by atoms with E-state index < -0.39 is 0 Å². The molecule has 0 fully saturated rings. The lowest BCUT2D eigenvalue weighted by Gasteiger charge is -2.11. The van der Waals surface area contributed by atoms with E-state index in [0.717, 1.165) is 18.4 Å². The highest BCUT2D eigenvalue weighted by Gasteiger charge is 2.23. The van der Waals surface area contributed by atoms with E-state index in [1.165, 1.54) is 12.7 Å². The standard InChI is InChI=1S/C11H14FNO/c1-13-10-4-3-7-5-9(12)11(14-2)6-8(7)10/h5-6,10,13H,3-4H2,1-2H3. The number of nitrogens with one attached hydrogen (secondary N) is 1. The second-order valence-electron chi connectivity index (χ2n) is 3.57. The second-order valence-corrected chi connectivity index (χ2v) is 3.57. The van der Waals surface area contributed by atoms with Crippen LogP contribution in [0.1, 0.15) is 23.6 Å². The molecule has 1 N–H and O–H groups in total. The SMILES string of the molecule is CNC1CCc2cc(F)c(OC)cc21. The Kier molecular flexibility index (Phi) is 2.42. The fourth-order valence-corrected chi connectivity index (χ4v) is 2.06. The van der Waals surface area contributed by atoms with E-state index >= 15 is 0 Å². The van der Waals surface area contributed by atoms with E-state index in [0.29, 0.717) is 11.8 Å². The fraction of sp³-hybridized carbons (Fsp3) is 0.455. The van der Waals surface area contributed by atoms with Gasteiger partial charge < -0.3 is 10.1 Å². The Morgan fingerprint density at radius 3 is 2.93 bits per heavy atom. The number of hydrogen-bond donors (Lipinski definition) is 1. The Labute approximate surface area is 83.1 Å². The number of benzene rings is 1. The zero-order chi connectivity index (χ0) is 10.1. The summed E-state index contributed by atoms with van der Waals surface area (Å²) < 4.78 is 18.3. The van der Waals surface area contributed by atoms with Crippen LogP contribution in [0.3, 0.4) is 0 Å². The molecule has 1 aromatic rings. The van der Waals surface area contributed by atoms with Gasteiger partial charge in [-0.2, -0.15) is 0 Å². The van der Waals surface area contributed by atoms with Crippen LogP contribution in [0.15, 0.2) is 12.1 Å². The average molecular weight is 195 g/mol. The molecule has 0 saturated carbocycles. The highest BCUT2D eigenvalue weighted by Crippen LogP contribution is 2.34. The summed E-state index contributed by atoms with van der Waals surface area (Å²) in [6.07, 6.45) is 1.99. The van der Waals surface area contributed by atoms with Crippen molar-refractivity contribution in [3.05, 3.63) is 29.1 Å². The molecule has 14 heavy (non-hydrogen) atoms. The van der Waals surface area contributed by atoms with Gasteiger partial charge in [0.2, 0.25) is 0 Å². The maximum Gasteiger partial charge on any atom is 0.165 e. The summed E-state index contributed by atoms with van der Waals surface area (Å²) in [7, 11) is 3.42. The fourth-order valence-electron chi connectivity index (χ4n) is 2.06. The lowest BCUT2D eigenvalue weighted by atomic mass is 10.1. The molecular weight excluding hydrogens is 181 g/mol. The van der Waals surface area contributed by atoms with Crippen molar-refractivity contribution >= 4 is 0 Å². The monoisotopic (exact) mass is 195 g/mol. The van der Waals surface area contributed by atoms with E-state index in [2.05, 4.69) is 5.32 Å². The van der Waals surface area contributed by atoms with Crippen molar-refractivity contribution in [2.75, 3.05) is 14.2 Å². The van der Waals surface area contributed by atoms with E-state index in [-0.39, 0.29) is 5.82 Å². The molecule has 1 atom stereocenters. The van der Waals surface area contributed by atoms with Gasteiger partial charge in [-0.05, 0) is 43.1 Å². The molecular formula is C11H14FNO. The molecule has 76 valence electrons. The van der Waals surface area contributed by atoms with Crippen LogP contribution in [-0.2, 0) is 6.42 Å². The summed E-state index contributed by atoms with van der Waals surface area (Å²) in [4.78, 5) is 0. The van der Waals surface area contributed by atoms with E-state index in [1.807, 2.05) is 7.05 Å². The molecule has 0 amide bonds. The normalized spacial score (nSPS) is 19.5. The van der Waals surface area contributed by atoms with Gasteiger partial charge in [-0.1, -0.05) is 0 Å². The number of methoxy groups -OCH3 is 1. The number of fused-ring (bicyclic) bond motifs is 1. The Morgan fingerprint density at radius 2 is 2.29 bits per heavy atom. The first-order valence-electron chi connectivity index (χ1n) is 4.80. The maximum absolute atomic E-state index is 13.3. The molecule has 0 spiro atoms. The largest absolute Gasteiger partial charge is 0.494 e. The second kappa shape index (κ2) is 3.58. The van der Waals surface area contributed by atoms with Gasteiger partial charge in [0.25, 0.3) is 0 Å². The Hall–Kier alpha value is -1.09. The molecule has 0 aliphatic heterocycles. The molecule has 1 aliphatic rings. The molecule has 1 aromatic carbocycles. The number of ether oxygens (including phenoxy) is 1. The molecule has 2 rings (SSSR count). The van der Waals surface area contributed by atoms with Crippen molar-refractivity contribution in [3.63, 3.8) is 0 Å². The van der Waals surface area contributed by atoms with Crippen LogP contribution >= 0.6 is 0 Å². The summed E-state index contributed by atoms with van der Waals surface area (Å²) >= 11 is 0. The topological polar surface area (TPSA) is 21.3 Å². The van der Waals surface area contributed by atoms with Gasteiger partial charge in [-0.15, -0.1) is 0 Å². The Morgan fingerprint density at radius 1 is 1.50 bits per heavy atom. The summed E-state index contributed by atoms with van der Waals surface area (Å²) in [6.45, 7) is 0. The van der Waals surface area contributed by atoms with Gasteiger partial charge in [0.1, 0.15) is 0 Å². The van der Waals surface area contributed by atoms with Crippen LogP contribution in [0, 0.1) is 5.82 Å². The lowest BCUT2D eigenvalue weighted by Crippen LogP contribution is -2.12. The van der Waals surface area contributed by atoms with Crippen LogP contribution in [0.4, 0.5) is 4.39 Å². The van der Waals surface area contributed by atoms with Crippen molar-refractivity contribution < 1.29 is 9.13 Å². The molecule has 3 heteroatoms. The van der Waals surface area contributed by atoms with E-state index in [9.17, 15) is 4.39 Å². The summed E-state index contributed by atoms with van der Waals surface area (Å²) in [6, 6.07) is 3.74. The molecule has 1 unspecified atom stereocenters. The summed E-state index contributed by atoms with van der Waals surface area (Å²) in [5, 5.41) is 3.21. The maximum atomic E-state index is 13.3. The lowest BCUT2D eigenvalue weighted by molar-refractivity contribution is 0.385. The van der Waals surface area contributed by atoms with Crippen molar-refractivity contribution in [2.45, 2.75) is 18.9 Å². The highest BCUT2D eigenvalue weighted by atomic mass is 19.1. The van der Waals surface area contributed by atoms with Crippen LogP contribution in [-0.4, -0.2) is 14.2 Å². The molecule has 0 saturated heterocycles. The van der Waals surface area contributed by atoms with Crippen molar-refractivity contribution in [1.29, 1.82) is 0 Å². The third kappa shape index (κ3) is 1.38. The first-order chi connectivity index (χ1) is 6.76. The van der Waals surface area contributed by atoms with Crippen molar-refractivity contribution in [2.24, 2.45) is 0 Å². The third-order valence-corrected chi connectivity index (χ3v) is 2.84. The number of hydrogen-bond acceptors (Lipinski definition) is 2. The van der Waals surface area contributed by atoms with Crippen molar-refractivity contribution in [3.8, 4) is 5.75 Å². The predicted octanol–water partition coefficient (Wildman–Crippen LogP) is 2.04. The summed E-state index contributed by atoms with van der Waals surface area (Å²) in [5.74, 6) is 0.0777. The van der Waals surface area contributed by atoms with Gasteiger partial charge in [0.15, 0.2) is 11.6 Å². The smallest absolute Gasteiger partial charge is 0.165 e. The van der Waals surface area contributed by atoms with Crippen LogP contribution in [0.5, 0.6) is 5.75 Å². The summed E-state index contributed by atoms with van der Waals surface area (Å²) in [5.41, 5.74) is 2.27. The predicted molar refractivity (Wildman–Crippen MR) is 53.1 cm³/mol. The Balaban J connectivity index is 2.45. The van der Waals surface area contributed by atoms with E-state index in [1.54, 1.807) is 12.1 Å². The molecule has 0 heterocycles. The minimum Gasteiger partial charge on any atom is -0.494 e. The molecule has 0 aromatic heterocycles. The van der Waals surface area contributed by atoms with Gasteiger partial charge in [0.05, 0.1) is 7.11 Å².